The Bertz CT molecular complexity index is 541. The van der Waals surface area contributed by atoms with E-state index in [-0.39, 0.29) is 11.5 Å². The van der Waals surface area contributed by atoms with Crippen LogP contribution in [0.4, 0.5) is 0 Å². The molecule has 206 valence electrons. The van der Waals surface area contributed by atoms with E-state index in [0.29, 0.717) is 52.9 Å². The van der Waals surface area contributed by atoms with E-state index in [9.17, 15) is 0 Å². The summed E-state index contributed by atoms with van der Waals surface area (Å²) in [6.07, 6.45) is 1.72. The lowest BCUT2D eigenvalue weighted by Gasteiger charge is -2.28. The van der Waals surface area contributed by atoms with Crippen LogP contribution < -0.4 is 0 Å². The van der Waals surface area contributed by atoms with Crippen molar-refractivity contribution < 1.29 is 41.5 Å². The van der Waals surface area contributed by atoms with Gasteiger partial charge in [-0.15, -0.1) is 0 Å². The fraction of sp³-hybridized carbons (Fsp3) is 0.750. The highest BCUT2D eigenvalue weighted by Crippen LogP contribution is 2.20. The summed E-state index contributed by atoms with van der Waals surface area (Å²) in [6, 6.07) is 7.40. The molecule has 0 aliphatic rings. The zero-order chi connectivity index (χ0) is 26.4. The summed E-state index contributed by atoms with van der Waals surface area (Å²) in [6.45, 7) is 16.8. The Kier molecular flexibility index (Phi) is 20.5. The number of benzene rings is 1. The van der Waals surface area contributed by atoms with Crippen LogP contribution in [-0.2, 0) is 31.3 Å². The first kappa shape index (κ1) is 34.0. The van der Waals surface area contributed by atoms with Crippen molar-refractivity contribution in [3.05, 3.63) is 24.3 Å². The summed E-state index contributed by atoms with van der Waals surface area (Å²) in [5.74, 6) is 0.176. The third-order valence-corrected chi connectivity index (χ3v) is 10.9. The molecule has 9 nitrogen and oxygen atoms in total. The van der Waals surface area contributed by atoms with Crippen molar-refractivity contribution in [3.63, 3.8) is 0 Å². The third kappa shape index (κ3) is 15.6. The first-order valence-electron chi connectivity index (χ1n) is 12.8. The van der Waals surface area contributed by atoms with Crippen LogP contribution in [0, 0.1) is 0 Å². The molecular weight excluding hydrogens is 488 g/mol. The summed E-state index contributed by atoms with van der Waals surface area (Å²) >= 11 is 0. The maximum Gasteiger partial charge on any atom is 0.501 e. The maximum absolute atomic E-state index is 8.65. The molecule has 0 saturated carbocycles. The van der Waals surface area contributed by atoms with Gasteiger partial charge in [-0.1, -0.05) is 6.07 Å². The smallest absolute Gasteiger partial charge is 0.501 e. The molecule has 0 aliphatic carbocycles. The minimum Gasteiger partial charge on any atom is -0.508 e. The molecule has 11 heteroatoms. The van der Waals surface area contributed by atoms with Gasteiger partial charge in [-0.25, -0.2) is 0 Å². The molecule has 1 rings (SSSR count). The first-order chi connectivity index (χ1) is 16.9. The zero-order valence-corrected chi connectivity index (χ0v) is 24.5. The van der Waals surface area contributed by atoms with E-state index < -0.39 is 17.6 Å². The molecule has 2 N–H and O–H groups in total. The van der Waals surface area contributed by atoms with Crippen molar-refractivity contribution in [1.82, 2.24) is 0 Å². The van der Waals surface area contributed by atoms with Crippen molar-refractivity contribution in [1.29, 1.82) is 0 Å². The minimum atomic E-state index is -2.56. The summed E-state index contributed by atoms with van der Waals surface area (Å²) in [7, 11) is -5.12. The summed E-state index contributed by atoms with van der Waals surface area (Å²) < 4.78 is 41.0. The Morgan fingerprint density at radius 3 is 1.11 bits per heavy atom. The van der Waals surface area contributed by atoms with Crippen LogP contribution >= 0.6 is 0 Å². The van der Waals surface area contributed by atoms with E-state index in [0.717, 1.165) is 24.9 Å². The van der Waals surface area contributed by atoms with Crippen LogP contribution in [0.3, 0.4) is 0 Å². The van der Waals surface area contributed by atoms with E-state index in [1.54, 1.807) is 6.07 Å². The van der Waals surface area contributed by atoms with E-state index in [1.807, 2.05) is 41.5 Å². The van der Waals surface area contributed by atoms with Gasteiger partial charge in [0, 0.05) is 71.0 Å². The van der Waals surface area contributed by atoms with Crippen LogP contribution in [0.15, 0.2) is 24.3 Å². The molecule has 1 aromatic rings. The van der Waals surface area contributed by atoms with Gasteiger partial charge in [-0.3, -0.25) is 0 Å². The van der Waals surface area contributed by atoms with Gasteiger partial charge >= 0.3 is 17.6 Å². The molecule has 0 amide bonds. The molecular formula is C24H48O9Si2. The summed E-state index contributed by atoms with van der Waals surface area (Å²) in [5, 5.41) is 17.3. The molecule has 0 unspecified atom stereocenters. The average Bonchev–Trinajstić information content (AvgIpc) is 2.80. The number of hydrogen-bond acceptors (Lipinski definition) is 9. The Balaban J connectivity index is 0.00000121. The molecule has 0 aliphatic heterocycles. The van der Waals surface area contributed by atoms with Crippen LogP contribution in [0.5, 0.6) is 11.5 Å². The molecule has 0 radical (unpaired) electrons. The normalized spacial score (nSPS) is 11.8. The second kappa shape index (κ2) is 21.1. The van der Waals surface area contributed by atoms with Crippen LogP contribution in [0.1, 0.15) is 54.4 Å². The molecule has 0 bridgehead atoms. The Hall–Kier alpha value is -1.03. The highest BCUT2D eigenvalue weighted by atomic mass is 28.4. The SMILES string of the molecule is CCO[Si](CCCOCCC[Si](OCC)(OCC)OCC)(OCC)OCC.Oc1cccc(O)c1. The molecule has 0 fully saturated rings. The Labute approximate surface area is 214 Å². The second-order valence-electron chi connectivity index (χ2n) is 7.30. The highest BCUT2D eigenvalue weighted by Gasteiger charge is 2.40. The van der Waals surface area contributed by atoms with E-state index in [2.05, 4.69) is 0 Å². The van der Waals surface area contributed by atoms with Gasteiger partial charge < -0.3 is 41.5 Å². The number of hydrogen-bond donors (Lipinski definition) is 2. The number of phenols is 2. The number of rotatable bonds is 20. The van der Waals surface area contributed by atoms with Gasteiger partial charge in [0.1, 0.15) is 11.5 Å². The van der Waals surface area contributed by atoms with Gasteiger partial charge in [0.2, 0.25) is 0 Å². The predicted octanol–water partition coefficient (Wildman–Crippen LogP) is 4.98. The Morgan fingerprint density at radius 2 is 0.886 bits per heavy atom. The average molecular weight is 537 g/mol. The number of ether oxygens (including phenoxy) is 1. The number of phenolic OH excluding ortho intramolecular Hbond substituents is 2. The van der Waals surface area contributed by atoms with E-state index >= 15 is 0 Å². The third-order valence-electron chi connectivity index (χ3n) is 4.56. The molecule has 0 saturated heterocycles. The fourth-order valence-electron chi connectivity index (χ4n) is 3.38. The Morgan fingerprint density at radius 1 is 0.571 bits per heavy atom. The predicted molar refractivity (Wildman–Crippen MR) is 141 cm³/mol. The summed E-state index contributed by atoms with van der Waals surface area (Å²) in [5.41, 5.74) is 0. The lowest BCUT2D eigenvalue weighted by atomic mass is 10.3. The van der Waals surface area contributed by atoms with Gasteiger partial charge in [-0.05, 0) is 66.5 Å². The zero-order valence-electron chi connectivity index (χ0n) is 22.5. The maximum atomic E-state index is 8.65. The summed E-state index contributed by atoms with van der Waals surface area (Å²) in [4.78, 5) is 0. The van der Waals surface area contributed by atoms with Gasteiger partial charge in [0.15, 0.2) is 0 Å². The molecule has 0 aromatic heterocycles. The largest absolute Gasteiger partial charge is 0.508 e. The molecule has 0 heterocycles. The fourth-order valence-corrected chi connectivity index (χ4v) is 8.54. The van der Waals surface area contributed by atoms with Gasteiger partial charge in [-0.2, -0.15) is 0 Å². The monoisotopic (exact) mass is 536 g/mol. The number of aromatic hydroxyl groups is 2. The van der Waals surface area contributed by atoms with Crippen LogP contribution in [0.2, 0.25) is 12.1 Å². The topological polar surface area (TPSA) is 105 Å². The van der Waals surface area contributed by atoms with E-state index in [1.165, 1.54) is 18.2 Å². The lowest BCUT2D eigenvalue weighted by molar-refractivity contribution is 0.0621. The van der Waals surface area contributed by atoms with Crippen molar-refractivity contribution in [2.24, 2.45) is 0 Å². The molecule has 35 heavy (non-hydrogen) atoms. The van der Waals surface area contributed by atoms with Crippen LogP contribution in [-0.4, -0.2) is 80.7 Å². The van der Waals surface area contributed by atoms with Gasteiger partial charge in [0.25, 0.3) is 0 Å². The van der Waals surface area contributed by atoms with Crippen molar-refractivity contribution >= 4 is 17.6 Å². The van der Waals surface area contributed by atoms with Crippen molar-refractivity contribution in [2.45, 2.75) is 66.5 Å². The van der Waals surface area contributed by atoms with Crippen LogP contribution in [0.25, 0.3) is 0 Å². The quantitative estimate of drug-likeness (QED) is 0.176. The lowest BCUT2D eigenvalue weighted by Crippen LogP contribution is -2.46. The molecule has 0 spiro atoms. The minimum absolute atomic E-state index is 0.0880. The second-order valence-corrected chi connectivity index (χ2v) is 12.8. The van der Waals surface area contributed by atoms with Crippen molar-refractivity contribution in [2.75, 3.05) is 52.9 Å². The molecule has 1 aromatic carbocycles. The standard InChI is InChI=1S/C18H42O7Si2.C6H6O2/c1-7-20-26(21-8-2,22-9-3)17-13-15-19-16-14-18-27(23-10-4,24-11-5)25-12-6;7-5-2-1-3-6(8)4-5/h7-18H2,1-6H3;1-4,7-8H. The molecule has 0 atom stereocenters. The first-order valence-corrected chi connectivity index (χ1v) is 16.6. The van der Waals surface area contributed by atoms with Gasteiger partial charge in [0.05, 0.1) is 0 Å². The van der Waals surface area contributed by atoms with Crippen molar-refractivity contribution in [3.8, 4) is 11.5 Å². The van der Waals surface area contributed by atoms with E-state index in [4.69, 9.17) is 41.5 Å². The highest BCUT2D eigenvalue weighted by molar-refractivity contribution is 6.61.